The van der Waals surface area contributed by atoms with Gasteiger partial charge in [-0.1, -0.05) is 64.4 Å². The Morgan fingerprint density at radius 3 is 2.17 bits per heavy atom. The van der Waals surface area contributed by atoms with E-state index < -0.39 is 53.4 Å². The first-order valence-corrected chi connectivity index (χ1v) is 13.5. The Bertz CT molecular complexity index is 1030. The van der Waals surface area contributed by atoms with E-state index in [2.05, 4.69) is 15.6 Å². The number of hydrogen-bond acceptors (Lipinski definition) is 7. The number of guanidine groups is 1. The van der Waals surface area contributed by atoms with Crippen molar-refractivity contribution in [2.75, 3.05) is 6.54 Å². The molecule has 0 bridgehead atoms. The molecule has 1 unspecified atom stereocenters. The summed E-state index contributed by atoms with van der Waals surface area (Å²) in [5, 5.41) is 5.05. The van der Waals surface area contributed by atoms with Gasteiger partial charge in [0.2, 0.25) is 17.6 Å². The lowest BCUT2D eigenvalue weighted by Crippen LogP contribution is -2.55. The normalized spacial score (nSPS) is 13.8. The quantitative estimate of drug-likeness (QED) is 0.0571. The highest BCUT2D eigenvalue weighted by Crippen LogP contribution is 2.19. The fourth-order valence-electron chi connectivity index (χ4n) is 3.98. The molecule has 0 aliphatic carbocycles. The zero-order valence-electron chi connectivity index (χ0n) is 23.9. The lowest BCUT2D eigenvalue weighted by atomic mass is 9.90. The highest BCUT2D eigenvalue weighted by Gasteiger charge is 2.35. The van der Waals surface area contributed by atoms with Gasteiger partial charge >= 0.3 is 5.97 Å². The number of benzene rings is 1. The van der Waals surface area contributed by atoms with Gasteiger partial charge in [0.05, 0.1) is 12.5 Å². The van der Waals surface area contributed by atoms with Crippen molar-refractivity contribution in [2.24, 2.45) is 39.9 Å². The molecule has 1 aromatic carbocycles. The first-order valence-electron chi connectivity index (χ1n) is 13.5. The van der Waals surface area contributed by atoms with Crippen LogP contribution in [0.25, 0.3) is 0 Å². The number of nitrogens with one attached hydrogen (secondary N) is 2. The number of rotatable bonds is 18. The number of nitrogens with two attached hydrogens (primary N) is 3. The van der Waals surface area contributed by atoms with Gasteiger partial charge in [-0.25, -0.2) is 0 Å². The molecule has 4 atom stereocenters. The molecule has 1 aromatic rings. The first kappa shape index (κ1) is 34.1. The SMILES string of the molecule is CC[C@H](C)C(NC(=O)[C@@H](CC(=O)OCc1ccccc1)CC(C)C)C(=O)C(=O)N[C@@H](CCCN=C(N)N)C(N)=O. The van der Waals surface area contributed by atoms with Crippen LogP contribution in [0.3, 0.4) is 0 Å². The van der Waals surface area contributed by atoms with Gasteiger partial charge in [-0.15, -0.1) is 0 Å². The van der Waals surface area contributed by atoms with Gasteiger partial charge in [-0.2, -0.15) is 0 Å². The van der Waals surface area contributed by atoms with Crippen molar-refractivity contribution in [1.29, 1.82) is 0 Å². The number of nitrogens with zero attached hydrogens (tertiary/aromatic N) is 1. The zero-order chi connectivity index (χ0) is 30.2. The Hall–Kier alpha value is -3.96. The van der Waals surface area contributed by atoms with Gasteiger partial charge in [0, 0.05) is 12.5 Å². The van der Waals surface area contributed by atoms with Crippen molar-refractivity contribution in [1.82, 2.24) is 10.6 Å². The summed E-state index contributed by atoms with van der Waals surface area (Å²) in [6, 6.07) is 6.89. The molecule has 3 amide bonds. The molecular formula is C28H44N6O6. The van der Waals surface area contributed by atoms with Gasteiger partial charge in [0.1, 0.15) is 12.6 Å². The highest BCUT2D eigenvalue weighted by atomic mass is 16.5. The monoisotopic (exact) mass is 560 g/mol. The van der Waals surface area contributed by atoms with Gasteiger partial charge in [-0.3, -0.25) is 29.0 Å². The number of primary amides is 1. The third-order valence-electron chi connectivity index (χ3n) is 6.39. The number of carbonyl (C=O) groups excluding carboxylic acids is 5. The molecule has 0 spiro atoms. The molecule has 0 radical (unpaired) electrons. The third kappa shape index (κ3) is 12.7. The molecule has 40 heavy (non-hydrogen) atoms. The summed E-state index contributed by atoms with van der Waals surface area (Å²) in [6.07, 6.45) is 1.13. The van der Waals surface area contributed by atoms with E-state index in [0.717, 1.165) is 5.56 Å². The number of ether oxygens (including phenoxy) is 1. The van der Waals surface area contributed by atoms with E-state index in [4.69, 9.17) is 21.9 Å². The second kappa shape index (κ2) is 17.6. The number of esters is 1. The van der Waals surface area contributed by atoms with Gasteiger partial charge in [-0.05, 0) is 36.7 Å². The average Bonchev–Trinajstić information content (AvgIpc) is 2.90. The van der Waals surface area contributed by atoms with Crippen LogP contribution in [0.2, 0.25) is 0 Å². The van der Waals surface area contributed by atoms with Crippen molar-refractivity contribution in [3.8, 4) is 0 Å². The molecule has 0 fully saturated rings. The maximum atomic E-state index is 13.3. The summed E-state index contributed by atoms with van der Waals surface area (Å²) in [6.45, 7) is 7.66. The van der Waals surface area contributed by atoms with E-state index >= 15 is 0 Å². The summed E-state index contributed by atoms with van der Waals surface area (Å²) < 4.78 is 5.35. The number of amides is 3. The summed E-state index contributed by atoms with van der Waals surface area (Å²) in [7, 11) is 0. The molecule has 8 N–H and O–H groups in total. The van der Waals surface area contributed by atoms with Crippen molar-refractivity contribution in [3.63, 3.8) is 0 Å². The molecule has 0 aliphatic rings. The maximum Gasteiger partial charge on any atom is 0.306 e. The maximum absolute atomic E-state index is 13.3. The molecule has 0 saturated heterocycles. The van der Waals surface area contributed by atoms with E-state index in [-0.39, 0.29) is 37.9 Å². The van der Waals surface area contributed by atoms with Crippen molar-refractivity contribution in [2.45, 2.75) is 78.5 Å². The molecule has 1 rings (SSSR count). The number of Topliss-reactive ketones (excluding diaryl/α,β-unsaturated/α-hetero) is 1. The van der Waals surface area contributed by atoms with Crippen molar-refractivity contribution < 1.29 is 28.7 Å². The number of ketones is 1. The van der Waals surface area contributed by atoms with E-state index in [9.17, 15) is 24.0 Å². The standard InChI is InChI=1S/C28H44N6O6/c1-5-18(4)23(24(36)27(39)33-21(25(29)37)12-9-13-32-28(30)31)34-26(38)20(14-17(2)3)15-22(35)40-16-19-10-7-6-8-11-19/h6-8,10-11,17-18,20-21,23H,5,9,12-16H2,1-4H3,(H2,29,37)(H,33,39)(H,34,38)(H4,30,31,32)/t18-,20+,21-,23?/m0/s1. The molecular weight excluding hydrogens is 516 g/mol. The first-order chi connectivity index (χ1) is 18.8. The van der Waals surface area contributed by atoms with Crippen LogP contribution in [0, 0.1) is 17.8 Å². The lowest BCUT2D eigenvalue weighted by Gasteiger charge is -2.26. The molecule has 222 valence electrons. The molecule has 0 saturated carbocycles. The Labute approximate surface area is 235 Å². The molecule has 12 nitrogen and oxygen atoms in total. The number of hydrogen-bond donors (Lipinski definition) is 5. The lowest BCUT2D eigenvalue weighted by molar-refractivity contribution is -0.149. The van der Waals surface area contributed by atoms with Gasteiger partial charge in [0.25, 0.3) is 5.91 Å². The molecule has 12 heteroatoms. The van der Waals surface area contributed by atoms with Gasteiger partial charge < -0.3 is 32.6 Å². The van der Waals surface area contributed by atoms with Crippen LogP contribution >= 0.6 is 0 Å². The minimum absolute atomic E-state index is 0.0778. The topological polar surface area (TPSA) is 209 Å². The fraction of sp³-hybridized carbons (Fsp3) is 0.571. The van der Waals surface area contributed by atoms with E-state index in [1.54, 1.807) is 6.92 Å². The summed E-state index contributed by atoms with van der Waals surface area (Å²) in [4.78, 5) is 67.5. The van der Waals surface area contributed by atoms with Crippen LogP contribution < -0.4 is 27.8 Å². The number of carbonyl (C=O) groups is 5. The predicted molar refractivity (Wildman–Crippen MR) is 151 cm³/mol. The Morgan fingerprint density at radius 2 is 1.62 bits per heavy atom. The third-order valence-corrected chi connectivity index (χ3v) is 6.39. The van der Waals surface area contributed by atoms with Crippen molar-refractivity contribution in [3.05, 3.63) is 35.9 Å². The van der Waals surface area contributed by atoms with Crippen LogP contribution in [0.1, 0.15) is 65.4 Å². The molecule has 0 aliphatic heterocycles. The minimum Gasteiger partial charge on any atom is -0.461 e. The van der Waals surface area contributed by atoms with Crippen LogP contribution in [-0.2, 0) is 35.3 Å². The highest BCUT2D eigenvalue weighted by molar-refractivity contribution is 6.38. The van der Waals surface area contributed by atoms with Crippen LogP contribution in [0.5, 0.6) is 0 Å². The Morgan fingerprint density at radius 1 is 0.975 bits per heavy atom. The Balaban J connectivity index is 2.92. The van der Waals surface area contributed by atoms with Crippen LogP contribution in [0.4, 0.5) is 0 Å². The zero-order valence-corrected chi connectivity index (χ0v) is 23.9. The summed E-state index contributed by atoms with van der Waals surface area (Å²) >= 11 is 0. The molecule has 0 heterocycles. The summed E-state index contributed by atoms with van der Waals surface area (Å²) in [5.41, 5.74) is 16.8. The van der Waals surface area contributed by atoms with Gasteiger partial charge in [0.15, 0.2) is 5.96 Å². The number of aliphatic imine (C=N–C) groups is 1. The Kier molecular flexibility index (Phi) is 15.0. The second-order valence-corrected chi connectivity index (χ2v) is 10.3. The van der Waals surface area contributed by atoms with Crippen LogP contribution in [-0.4, -0.2) is 54.1 Å². The second-order valence-electron chi connectivity index (χ2n) is 10.3. The predicted octanol–water partition coefficient (Wildman–Crippen LogP) is 0.906. The van der Waals surface area contributed by atoms with Crippen molar-refractivity contribution >= 4 is 35.4 Å². The average molecular weight is 561 g/mol. The largest absolute Gasteiger partial charge is 0.461 e. The summed E-state index contributed by atoms with van der Waals surface area (Å²) in [5.74, 6) is -5.04. The molecule has 0 aromatic heterocycles. The van der Waals surface area contributed by atoms with Crippen LogP contribution in [0.15, 0.2) is 35.3 Å². The minimum atomic E-state index is -1.16. The smallest absolute Gasteiger partial charge is 0.306 e. The van der Waals surface area contributed by atoms with E-state index in [1.165, 1.54) is 0 Å². The van der Waals surface area contributed by atoms with E-state index in [1.807, 2.05) is 51.1 Å². The fourth-order valence-corrected chi connectivity index (χ4v) is 3.98. The van der Waals surface area contributed by atoms with E-state index in [0.29, 0.717) is 19.3 Å².